The number of anilines is 1. The number of nitrogens with zero attached hydrogens (tertiary/aromatic N) is 2. The summed E-state index contributed by atoms with van der Waals surface area (Å²) in [5.74, 6) is -0.0726. The molecule has 1 saturated heterocycles. The van der Waals surface area contributed by atoms with Crippen molar-refractivity contribution in [2.24, 2.45) is 0 Å². The first-order chi connectivity index (χ1) is 14.0. The molecule has 0 saturated carbocycles. The van der Waals surface area contributed by atoms with Crippen LogP contribution in [0.25, 0.3) is 0 Å². The van der Waals surface area contributed by atoms with Crippen LogP contribution in [-0.2, 0) is 19.1 Å². The van der Waals surface area contributed by atoms with E-state index in [1.807, 2.05) is 24.3 Å². The largest absolute Gasteiger partial charge is 0.464 e. The van der Waals surface area contributed by atoms with Gasteiger partial charge >= 0.3 is 11.9 Å². The van der Waals surface area contributed by atoms with E-state index in [-0.39, 0.29) is 13.2 Å². The molecular weight excluding hydrogens is 487 g/mol. The number of benzene rings is 1. The number of carbonyl (C=O) groups excluding carboxylic acids is 2. The molecule has 1 aromatic heterocycles. The Morgan fingerprint density at radius 2 is 1.72 bits per heavy atom. The Labute approximate surface area is 183 Å². The molecule has 0 amide bonds. The minimum absolute atomic E-state index is 0.189. The summed E-state index contributed by atoms with van der Waals surface area (Å²) in [4.78, 5) is 31.7. The Morgan fingerprint density at radius 3 is 2.28 bits per heavy atom. The van der Waals surface area contributed by atoms with E-state index >= 15 is 0 Å². The van der Waals surface area contributed by atoms with Crippen molar-refractivity contribution in [1.82, 2.24) is 4.98 Å². The van der Waals surface area contributed by atoms with Crippen molar-refractivity contribution in [2.75, 3.05) is 24.7 Å². The van der Waals surface area contributed by atoms with Crippen LogP contribution in [0, 0.1) is 3.57 Å². The van der Waals surface area contributed by atoms with Crippen LogP contribution in [0.1, 0.15) is 26.7 Å². The van der Waals surface area contributed by atoms with Gasteiger partial charge in [-0.1, -0.05) is 0 Å². The first kappa shape index (κ1) is 21.4. The lowest BCUT2D eigenvalue weighted by Crippen LogP contribution is -2.58. The van der Waals surface area contributed by atoms with Gasteiger partial charge in [-0.25, -0.2) is 14.6 Å². The monoisotopic (exact) mass is 510 g/mol. The molecule has 1 fully saturated rings. The zero-order chi connectivity index (χ0) is 20.9. The van der Waals surface area contributed by atoms with E-state index in [0.29, 0.717) is 36.7 Å². The van der Waals surface area contributed by atoms with Crippen LogP contribution >= 0.6 is 22.6 Å². The van der Waals surface area contributed by atoms with Gasteiger partial charge in [0.25, 0.3) is 0 Å². The third kappa shape index (κ3) is 4.47. The molecule has 2 aromatic rings. The topological polar surface area (TPSA) is 78.0 Å². The maximum Gasteiger partial charge on any atom is 0.343 e. The van der Waals surface area contributed by atoms with Gasteiger partial charge in [-0.05, 0) is 79.6 Å². The van der Waals surface area contributed by atoms with Crippen LogP contribution in [0.2, 0.25) is 0 Å². The van der Waals surface area contributed by atoms with Gasteiger partial charge in [0.2, 0.25) is 11.4 Å². The van der Waals surface area contributed by atoms with Crippen LogP contribution in [0.5, 0.6) is 11.6 Å². The highest BCUT2D eigenvalue weighted by Gasteiger charge is 2.56. The van der Waals surface area contributed by atoms with E-state index in [4.69, 9.17) is 14.2 Å². The fourth-order valence-corrected chi connectivity index (χ4v) is 3.75. The van der Waals surface area contributed by atoms with Gasteiger partial charge in [-0.15, -0.1) is 0 Å². The number of ether oxygens (including phenoxy) is 3. The average Bonchev–Trinajstić information content (AvgIpc) is 3.17. The Morgan fingerprint density at radius 1 is 1.07 bits per heavy atom. The van der Waals surface area contributed by atoms with E-state index in [9.17, 15) is 9.59 Å². The molecule has 1 aliphatic heterocycles. The molecule has 7 nitrogen and oxygen atoms in total. The van der Waals surface area contributed by atoms with Crippen LogP contribution in [0.15, 0.2) is 42.6 Å². The fourth-order valence-electron chi connectivity index (χ4n) is 3.39. The molecule has 0 atom stereocenters. The third-order valence-electron chi connectivity index (χ3n) is 4.68. The van der Waals surface area contributed by atoms with Crippen LogP contribution < -0.4 is 9.64 Å². The van der Waals surface area contributed by atoms with E-state index in [1.165, 1.54) is 0 Å². The molecule has 3 rings (SSSR count). The van der Waals surface area contributed by atoms with Crippen LogP contribution in [0.4, 0.5) is 5.69 Å². The molecule has 0 bridgehead atoms. The summed E-state index contributed by atoms with van der Waals surface area (Å²) >= 11 is 2.23. The number of pyridine rings is 1. The van der Waals surface area contributed by atoms with E-state index < -0.39 is 17.5 Å². The number of aromatic nitrogens is 1. The molecule has 0 aliphatic carbocycles. The lowest BCUT2D eigenvalue weighted by atomic mass is 9.95. The highest BCUT2D eigenvalue weighted by Crippen LogP contribution is 2.37. The van der Waals surface area contributed by atoms with Crippen molar-refractivity contribution in [3.63, 3.8) is 0 Å². The summed E-state index contributed by atoms with van der Waals surface area (Å²) < 4.78 is 17.3. The van der Waals surface area contributed by atoms with Gasteiger partial charge in [0.1, 0.15) is 5.75 Å². The highest BCUT2D eigenvalue weighted by atomic mass is 127. The SMILES string of the molecule is CCOC(=O)C1(C(=O)OCC)CCCN1c1ccc(Oc2ccc(I)cc2)nc1. The second-order valence-electron chi connectivity index (χ2n) is 6.47. The summed E-state index contributed by atoms with van der Waals surface area (Å²) in [6, 6.07) is 11.1. The van der Waals surface area contributed by atoms with Crippen molar-refractivity contribution >= 4 is 40.2 Å². The fraction of sp³-hybridized carbons (Fsp3) is 0.381. The molecule has 8 heteroatoms. The standard InChI is InChI=1S/C21H23IN2O5/c1-3-27-19(25)21(20(26)28-4-2)12-5-13-24(21)16-8-11-18(23-14-16)29-17-9-6-15(22)7-10-17/h6-11,14H,3-5,12-13H2,1-2H3. The minimum atomic E-state index is -1.48. The number of hydrogen-bond acceptors (Lipinski definition) is 7. The van der Waals surface area contributed by atoms with Gasteiger partial charge in [-0.3, -0.25) is 0 Å². The van der Waals surface area contributed by atoms with Gasteiger partial charge in [-0.2, -0.15) is 0 Å². The molecule has 29 heavy (non-hydrogen) atoms. The summed E-state index contributed by atoms with van der Waals surface area (Å²) in [6.07, 6.45) is 2.60. The van der Waals surface area contributed by atoms with Crippen molar-refractivity contribution in [3.05, 3.63) is 46.2 Å². The number of rotatable bonds is 7. The number of esters is 2. The average molecular weight is 510 g/mol. The van der Waals surface area contributed by atoms with Crippen molar-refractivity contribution in [2.45, 2.75) is 32.2 Å². The molecule has 1 aromatic carbocycles. The Kier molecular flexibility index (Phi) is 6.94. The first-order valence-electron chi connectivity index (χ1n) is 9.52. The molecule has 0 spiro atoms. The van der Waals surface area contributed by atoms with Crippen LogP contribution in [-0.4, -0.2) is 42.2 Å². The molecule has 0 unspecified atom stereocenters. The van der Waals surface area contributed by atoms with E-state index in [0.717, 1.165) is 3.57 Å². The summed E-state index contributed by atoms with van der Waals surface area (Å²) in [5.41, 5.74) is -0.842. The Balaban J connectivity index is 1.85. The summed E-state index contributed by atoms with van der Waals surface area (Å²) in [7, 11) is 0. The number of hydrogen-bond donors (Lipinski definition) is 0. The molecular formula is C21H23IN2O5. The lowest BCUT2D eigenvalue weighted by molar-refractivity contribution is -0.163. The summed E-state index contributed by atoms with van der Waals surface area (Å²) in [6.45, 7) is 4.34. The lowest BCUT2D eigenvalue weighted by Gasteiger charge is -2.35. The van der Waals surface area contributed by atoms with Gasteiger partial charge in [0, 0.05) is 16.2 Å². The number of carbonyl (C=O) groups is 2. The number of halogens is 1. The molecule has 1 aliphatic rings. The van der Waals surface area contributed by atoms with E-state index in [1.54, 1.807) is 37.1 Å². The van der Waals surface area contributed by atoms with Gasteiger partial charge in [0.15, 0.2) is 0 Å². The second-order valence-corrected chi connectivity index (χ2v) is 7.71. The first-order valence-corrected chi connectivity index (χ1v) is 10.6. The minimum Gasteiger partial charge on any atom is -0.464 e. The Hall–Kier alpha value is -2.36. The Bertz CT molecular complexity index is 836. The van der Waals surface area contributed by atoms with Crippen molar-refractivity contribution in [3.8, 4) is 11.6 Å². The zero-order valence-corrected chi connectivity index (χ0v) is 18.5. The van der Waals surface area contributed by atoms with Gasteiger partial charge in [0.05, 0.1) is 25.1 Å². The molecule has 0 N–H and O–H groups in total. The molecule has 154 valence electrons. The third-order valence-corrected chi connectivity index (χ3v) is 5.39. The normalized spacial score (nSPS) is 15.1. The highest BCUT2D eigenvalue weighted by molar-refractivity contribution is 14.1. The van der Waals surface area contributed by atoms with Gasteiger partial charge < -0.3 is 19.1 Å². The molecule has 0 radical (unpaired) electrons. The predicted molar refractivity (Wildman–Crippen MR) is 116 cm³/mol. The van der Waals surface area contributed by atoms with Crippen molar-refractivity contribution in [1.29, 1.82) is 0 Å². The smallest absolute Gasteiger partial charge is 0.343 e. The maximum absolute atomic E-state index is 12.8. The quantitative estimate of drug-likeness (QED) is 0.317. The summed E-state index contributed by atoms with van der Waals surface area (Å²) in [5, 5.41) is 0. The predicted octanol–water partition coefficient (Wildman–Crippen LogP) is 3.94. The maximum atomic E-state index is 12.8. The van der Waals surface area contributed by atoms with Crippen molar-refractivity contribution < 1.29 is 23.8 Å². The zero-order valence-electron chi connectivity index (χ0n) is 16.4. The van der Waals surface area contributed by atoms with Crippen LogP contribution in [0.3, 0.4) is 0 Å². The van der Waals surface area contributed by atoms with E-state index in [2.05, 4.69) is 27.6 Å². The molecule has 2 heterocycles. The second kappa shape index (κ2) is 9.43.